The molecule has 0 spiro atoms. The van der Waals surface area contributed by atoms with E-state index in [1.807, 2.05) is 28.4 Å². The Morgan fingerprint density at radius 1 is 1.58 bits per heavy atom. The van der Waals surface area contributed by atoms with Gasteiger partial charge in [-0.1, -0.05) is 0 Å². The van der Waals surface area contributed by atoms with E-state index in [9.17, 15) is 5.11 Å². The molecule has 0 fully saturated rings. The van der Waals surface area contributed by atoms with E-state index in [1.54, 1.807) is 0 Å². The Labute approximate surface area is 117 Å². The molecule has 0 aromatic carbocycles. The third-order valence-corrected chi connectivity index (χ3v) is 5.01. The van der Waals surface area contributed by atoms with E-state index in [2.05, 4.69) is 23.5 Å². The first kappa shape index (κ1) is 12.9. The molecule has 19 heavy (non-hydrogen) atoms. The SMILES string of the molecule is CCn1cc(CC(O)C2CCCc3sccc32)cn1. The van der Waals surface area contributed by atoms with Gasteiger partial charge in [0, 0.05) is 30.0 Å². The quantitative estimate of drug-likeness (QED) is 0.932. The van der Waals surface area contributed by atoms with Crippen molar-refractivity contribution in [2.24, 2.45) is 0 Å². The highest BCUT2D eigenvalue weighted by molar-refractivity contribution is 7.10. The normalized spacial score (nSPS) is 20.2. The summed E-state index contributed by atoms with van der Waals surface area (Å²) in [5.74, 6) is 0.306. The summed E-state index contributed by atoms with van der Waals surface area (Å²) in [6, 6.07) is 2.20. The average molecular weight is 276 g/mol. The number of hydrogen-bond donors (Lipinski definition) is 1. The number of aryl methyl sites for hydroxylation is 2. The van der Waals surface area contributed by atoms with Crippen LogP contribution < -0.4 is 0 Å². The molecule has 0 saturated heterocycles. The summed E-state index contributed by atoms with van der Waals surface area (Å²) in [6.45, 7) is 2.96. The highest BCUT2D eigenvalue weighted by Gasteiger charge is 2.27. The number of thiophene rings is 1. The molecule has 1 N–H and O–H groups in total. The summed E-state index contributed by atoms with van der Waals surface area (Å²) in [6.07, 6.45) is 7.83. The van der Waals surface area contributed by atoms with Gasteiger partial charge < -0.3 is 5.11 Å². The zero-order valence-electron chi connectivity index (χ0n) is 11.2. The van der Waals surface area contributed by atoms with Crippen LogP contribution in [0.3, 0.4) is 0 Å². The van der Waals surface area contributed by atoms with Crippen LogP contribution >= 0.6 is 11.3 Å². The lowest BCUT2D eigenvalue weighted by molar-refractivity contribution is 0.135. The monoisotopic (exact) mass is 276 g/mol. The van der Waals surface area contributed by atoms with Crippen LogP contribution in [0.25, 0.3) is 0 Å². The minimum Gasteiger partial charge on any atom is -0.392 e. The highest BCUT2D eigenvalue weighted by Crippen LogP contribution is 2.37. The lowest BCUT2D eigenvalue weighted by Crippen LogP contribution is -2.23. The van der Waals surface area contributed by atoms with E-state index in [4.69, 9.17) is 0 Å². The Balaban J connectivity index is 1.73. The van der Waals surface area contributed by atoms with Crippen molar-refractivity contribution in [1.82, 2.24) is 9.78 Å². The van der Waals surface area contributed by atoms with Crippen LogP contribution in [0.2, 0.25) is 0 Å². The maximum atomic E-state index is 10.5. The Morgan fingerprint density at radius 2 is 2.47 bits per heavy atom. The molecular weight excluding hydrogens is 256 g/mol. The summed E-state index contributed by atoms with van der Waals surface area (Å²) < 4.78 is 1.92. The third kappa shape index (κ3) is 2.60. The van der Waals surface area contributed by atoms with Gasteiger partial charge >= 0.3 is 0 Å². The van der Waals surface area contributed by atoms with Gasteiger partial charge in [-0.15, -0.1) is 11.3 Å². The number of nitrogens with zero attached hydrogens (tertiary/aromatic N) is 2. The predicted molar refractivity (Wildman–Crippen MR) is 77.6 cm³/mol. The molecule has 2 atom stereocenters. The van der Waals surface area contributed by atoms with E-state index in [1.165, 1.54) is 23.3 Å². The smallest absolute Gasteiger partial charge is 0.0650 e. The molecular formula is C15H20N2OS. The van der Waals surface area contributed by atoms with Crippen LogP contribution in [0.15, 0.2) is 23.8 Å². The Bertz CT molecular complexity index is 546. The molecule has 2 aromatic heterocycles. The standard InChI is InChI=1S/C15H20N2OS/c1-2-17-10-11(9-16-17)8-14(18)12-4-3-5-15-13(12)6-7-19-15/h6-7,9-10,12,14,18H,2-5,8H2,1H3. The number of hydrogen-bond acceptors (Lipinski definition) is 3. The second-order valence-electron chi connectivity index (χ2n) is 5.27. The van der Waals surface area contributed by atoms with Gasteiger partial charge in [-0.3, -0.25) is 4.68 Å². The molecule has 2 unspecified atom stereocenters. The van der Waals surface area contributed by atoms with E-state index < -0.39 is 0 Å². The molecule has 102 valence electrons. The van der Waals surface area contributed by atoms with Crippen molar-refractivity contribution in [3.05, 3.63) is 39.8 Å². The van der Waals surface area contributed by atoms with Gasteiger partial charge in [-0.25, -0.2) is 0 Å². The van der Waals surface area contributed by atoms with Gasteiger partial charge in [0.25, 0.3) is 0 Å². The molecule has 3 nitrogen and oxygen atoms in total. The lowest BCUT2D eigenvalue weighted by atomic mass is 9.82. The molecule has 0 saturated carbocycles. The van der Waals surface area contributed by atoms with E-state index in [-0.39, 0.29) is 6.10 Å². The largest absolute Gasteiger partial charge is 0.392 e. The van der Waals surface area contributed by atoms with E-state index in [0.29, 0.717) is 12.3 Å². The number of rotatable bonds is 4. The number of aliphatic hydroxyl groups is 1. The zero-order valence-corrected chi connectivity index (χ0v) is 12.1. The second-order valence-corrected chi connectivity index (χ2v) is 6.27. The summed E-state index contributed by atoms with van der Waals surface area (Å²) in [5.41, 5.74) is 2.52. The van der Waals surface area contributed by atoms with Crippen LogP contribution in [0.4, 0.5) is 0 Å². The number of aromatic nitrogens is 2. The van der Waals surface area contributed by atoms with Gasteiger partial charge in [-0.2, -0.15) is 5.10 Å². The molecule has 1 aliphatic rings. The first-order chi connectivity index (χ1) is 9.28. The van der Waals surface area contributed by atoms with Crippen molar-refractivity contribution < 1.29 is 5.11 Å². The Kier molecular flexibility index (Phi) is 3.71. The topological polar surface area (TPSA) is 38.0 Å². The van der Waals surface area contributed by atoms with Crippen molar-refractivity contribution in [3.63, 3.8) is 0 Å². The number of aliphatic hydroxyl groups excluding tert-OH is 1. The fourth-order valence-electron chi connectivity index (χ4n) is 2.99. The predicted octanol–water partition coefficient (Wildman–Crippen LogP) is 2.99. The van der Waals surface area contributed by atoms with Gasteiger partial charge in [0.2, 0.25) is 0 Å². The average Bonchev–Trinajstić information content (AvgIpc) is 3.05. The first-order valence-electron chi connectivity index (χ1n) is 7.03. The molecule has 2 heterocycles. The van der Waals surface area contributed by atoms with Crippen molar-refractivity contribution in [3.8, 4) is 0 Å². The summed E-state index contributed by atoms with van der Waals surface area (Å²) in [5, 5.41) is 17.0. The van der Waals surface area contributed by atoms with Crippen LogP contribution in [0.1, 0.15) is 41.7 Å². The molecule has 0 radical (unpaired) electrons. The minimum atomic E-state index is -0.289. The molecule has 0 amide bonds. The Morgan fingerprint density at radius 3 is 3.26 bits per heavy atom. The van der Waals surface area contributed by atoms with Crippen molar-refractivity contribution in [1.29, 1.82) is 0 Å². The van der Waals surface area contributed by atoms with Crippen LogP contribution in [0, 0.1) is 0 Å². The molecule has 3 rings (SSSR count). The van der Waals surface area contributed by atoms with Crippen molar-refractivity contribution in [2.75, 3.05) is 0 Å². The maximum Gasteiger partial charge on any atom is 0.0650 e. The number of fused-ring (bicyclic) bond motifs is 1. The van der Waals surface area contributed by atoms with Gasteiger partial charge in [-0.05, 0) is 48.8 Å². The van der Waals surface area contributed by atoms with Gasteiger partial charge in [0.15, 0.2) is 0 Å². The fourth-order valence-corrected chi connectivity index (χ4v) is 3.99. The fraction of sp³-hybridized carbons (Fsp3) is 0.533. The summed E-state index contributed by atoms with van der Waals surface area (Å²) in [4.78, 5) is 1.47. The molecule has 2 aromatic rings. The van der Waals surface area contributed by atoms with Gasteiger partial charge in [0.1, 0.15) is 0 Å². The van der Waals surface area contributed by atoms with Crippen molar-refractivity contribution in [2.45, 2.75) is 51.2 Å². The molecule has 4 heteroatoms. The zero-order chi connectivity index (χ0) is 13.2. The van der Waals surface area contributed by atoms with Crippen LogP contribution in [0.5, 0.6) is 0 Å². The molecule has 0 aliphatic heterocycles. The molecule has 1 aliphatic carbocycles. The van der Waals surface area contributed by atoms with Crippen molar-refractivity contribution >= 4 is 11.3 Å². The lowest BCUT2D eigenvalue weighted by Gasteiger charge is -2.27. The van der Waals surface area contributed by atoms with Gasteiger partial charge in [0.05, 0.1) is 12.3 Å². The summed E-state index contributed by atoms with van der Waals surface area (Å²) in [7, 11) is 0. The van der Waals surface area contributed by atoms with E-state index in [0.717, 1.165) is 18.5 Å². The third-order valence-electron chi connectivity index (χ3n) is 4.02. The maximum absolute atomic E-state index is 10.5. The van der Waals surface area contributed by atoms with E-state index >= 15 is 0 Å². The highest BCUT2D eigenvalue weighted by atomic mass is 32.1. The molecule has 0 bridgehead atoms. The minimum absolute atomic E-state index is 0.289. The Hall–Kier alpha value is -1.13. The second kappa shape index (κ2) is 5.47. The van der Waals surface area contributed by atoms with Crippen LogP contribution in [-0.4, -0.2) is 21.0 Å². The first-order valence-corrected chi connectivity index (χ1v) is 7.91. The summed E-state index contributed by atoms with van der Waals surface area (Å²) >= 11 is 1.83. The van der Waals surface area contributed by atoms with Crippen LogP contribution in [-0.2, 0) is 19.4 Å².